The fourth-order valence-corrected chi connectivity index (χ4v) is 2.96. The zero-order valence-electron chi connectivity index (χ0n) is 14.2. The lowest BCUT2D eigenvalue weighted by molar-refractivity contribution is -0.111. The number of anilines is 1. The third kappa shape index (κ3) is 3.60. The highest BCUT2D eigenvalue weighted by atomic mass is 16.5. The number of amides is 2. The van der Waals surface area contributed by atoms with Crippen LogP contribution in [0.25, 0.3) is 0 Å². The van der Waals surface area contributed by atoms with E-state index >= 15 is 0 Å². The third-order valence-corrected chi connectivity index (χ3v) is 4.26. The van der Waals surface area contributed by atoms with Crippen LogP contribution in [0.1, 0.15) is 22.0 Å². The predicted octanol–water partition coefficient (Wildman–Crippen LogP) is 2.38. The first kappa shape index (κ1) is 17.7. The molecule has 26 heavy (non-hydrogen) atoms. The molecule has 1 aliphatic rings. The Labute approximate surface area is 151 Å². The molecule has 0 aliphatic carbocycles. The molecule has 2 aromatic rings. The number of nitrogens with one attached hydrogen (secondary N) is 1. The normalized spacial score (nSPS) is 16.0. The average Bonchev–Trinajstić information content (AvgIpc) is 2.87. The van der Waals surface area contributed by atoms with Gasteiger partial charge < -0.3 is 20.1 Å². The predicted molar refractivity (Wildman–Crippen MR) is 98.1 cm³/mol. The van der Waals surface area contributed by atoms with Crippen molar-refractivity contribution in [2.75, 3.05) is 25.1 Å². The summed E-state index contributed by atoms with van der Waals surface area (Å²) >= 11 is 0. The summed E-state index contributed by atoms with van der Waals surface area (Å²) in [6.07, 6.45) is 1.18. The Bertz CT molecular complexity index is 817. The van der Waals surface area contributed by atoms with Gasteiger partial charge in [-0.3, -0.25) is 9.59 Å². The molecule has 1 atom stereocenters. The highest BCUT2D eigenvalue weighted by Gasteiger charge is 2.30. The second-order valence-corrected chi connectivity index (χ2v) is 5.85. The van der Waals surface area contributed by atoms with Gasteiger partial charge in [0.15, 0.2) is 0 Å². The van der Waals surface area contributed by atoms with Crippen LogP contribution in [0.2, 0.25) is 0 Å². The van der Waals surface area contributed by atoms with Crippen molar-refractivity contribution in [3.8, 4) is 5.75 Å². The van der Waals surface area contributed by atoms with Gasteiger partial charge in [0.2, 0.25) is 5.91 Å². The molecule has 0 fully saturated rings. The van der Waals surface area contributed by atoms with Gasteiger partial charge in [0.05, 0.1) is 19.2 Å². The Hall–Kier alpha value is -3.12. The monoisotopic (exact) mass is 352 g/mol. The highest BCUT2D eigenvalue weighted by Crippen LogP contribution is 2.32. The minimum absolute atomic E-state index is 0.195. The second kappa shape index (κ2) is 7.84. The standard InChI is InChI=1S/C20H20N2O4/c1-2-19(24)21-15-9-7-14(8-10-15)20(25)22-11-12-26-18-6-4-3-5-16(18)17(22)13-23/h2-10,17,23H,1,11-13H2,(H,21,24). The van der Waals surface area contributed by atoms with Crippen molar-refractivity contribution in [3.05, 3.63) is 72.3 Å². The van der Waals surface area contributed by atoms with E-state index in [2.05, 4.69) is 11.9 Å². The van der Waals surface area contributed by atoms with Crippen LogP contribution in [-0.4, -0.2) is 41.6 Å². The lowest BCUT2D eigenvalue weighted by Crippen LogP contribution is -2.37. The molecule has 6 nitrogen and oxygen atoms in total. The highest BCUT2D eigenvalue weighted by molar-refractivity contribution is 5.99. The average molecular weight is 352 g/mol. The number of aliphatic hydroxyl groups excluding tert-OH is 1. The summed E-state index contributed by atoms with van der Waals surface area (Å²) in [7, 11) is 0. The summed E-state index contributed by atoms with van der Waals surface area (Å²) in [5.74, 6) is 0.168. The molecular weight excluding hydrogens is 332 g/mol. The number of carbonyl (C=O) groups is 2. The Morgan fingerprint density at radius 3 is 2.65 bits per heavy atom. The number of ether oxygens (including phenoxy) is 1. The van der Waals surface area contributed by atoms with E-state index in [9.17, 15) is 14.7 Å². The van der Waals surface area contributed by atoms with Gasteiger partial charge in [-0.2, -0.15) is 0 Å². The van der Waals surface area contributed by atoms with Gasteiger partial charge in [-0.15, -0.1) is 0 Å². The van der Waals surface area contributed by atoms with E-state index in [1.807, 2.05) is 24.3 Å². The first-order valence-electron chi connectivity index (χ1n) is 8.31. The smallest absolute Gasteiger partial charge is 0.254 e. The summed E-state index contributed by atoms with van der Waals surface area (Å²) in [4.78, 5) is 25.9. The molecule has 1 heterocycles. The van der Waals surface area contributed by atoms with Crippen LogP contribution >= 0.6 is 0 Å². The van der Waals surface area contributed by atoms with Crippen LogP contribution in [0.4, 0.5) is 5.69 Å². The van der Waals surface area contributed by atoms with Crippen LogP contribution in [-0.2, 0) is 4.79 Å². The third-order valence-electron chi connectivity index (χ3n) is 4.26. The number of carbonyl (C=O) groups excluding carboxylic acids is 2. The van der Waals surface area contributed by atoms with Crippen LogP contribution in [0.5, 0.6) is 5.75 Å². The van der Waals surface area contributed by atoms with Gasteiger partial charge in [-0.1, -0.05) is 24.8 Å². The van der Waals surface area contributed by atoms with Crippen LogP contribution < -0.4 is 10.1 Å². The molecular formula is C20H20N2O4. The minimum atomic E-state index is -0.471. The number of fused-ring (bicyclic) bond motifs is 1. The Morgan fingerprint density at radius 1 is 1.23 bits per heavy atom. The molecule has 0 radical (unpaired) electrons. The maximum absolute atomic E-state index is 13.0. The van der Waals surface area contributed by atoms with Gasteiger partial charge in [0, 0.05) is 16.8 Å². The van der Waals surface area contributed by atoms with E-state index < -0.39 is 6.04 Å². The quantitative estimate of drug-likeness (QED) is 0.828. The Balaban J connectivity index is 1.84. The minimum Gasteiger partial charge on any atom is -0.491 e. The molecule has 2 aromatic carbocycles. The van der Waals surface area contributed by atoms with Crippen LogP contribution in [0, 0.1) is 0 Å². The van der Waals surface area contributed by atoms with E-state index in [1.54, 1.807) is 29.2 Å². The number of rotatable bonds is 4. The lowest BCUT2D eigenvalue weighted by atomic mass is 10.0. The topological polar surface area (TPSA) is 78.9 Å². The fraction of sp³-hybridized carbons (Fsp3) is 0.200. The second-order valence-electron chi connectivity index (χ2n) is 5.85. The molecule has 0 saturated carbocycles. The van der Waals surface area contributed by atoms with Gasteiger partial charge in [-0.05, 0) is 36.4 Å². The van der Waals surface area contributed by atoms with Crippen molar-refractivity contribution in [1.29, 1.82) is 0 Å². The molecule has 2 amide bonds. The molecule has 0 bridgehead atoms. The van der Waals surface area contributed by atoms with E-state index in [0.29, 0.717) is 30.2 Å². The van der Waals surface area contributed by atoms with Crippen molar-refractivity contribution in [3.63, 3.8) is 0 Å². The van der Waals surface area contributed by atoms with E-state index in [4.69, 9.17) is 4.74 Å². The van der Waals surface area contributed by atoms with Gasteiger partial charge in [0.1, 0.15) is 12.4 Å². The van der Waals surface area contributed by atoms with Gasteiger partial charge in [-0.25, -0.2) is 0 Å². The number of aliphatic hydroxyl groups is 1. The number of hydrogen-bond donors (Lipinski definition) is 2. The zero-order valence-corrected chi connectivity index (χ0v) is 14.2. The SMILES string of the molecule is C=CC(=O)Nc1ccc(C(=O)N2CCOc3ccccc3C2CO)cc1. The molecule has 134 valence electrons. The molecule has 2 N–H and O–H groups in total. The summed E-state index contributed by atoms with van der Waals surface area (Å²) in [6, 6.07) is 13.5. The molecule has 3 rings (SSSR count). The fourth-order valence-electron chi connectivity index (χ4n) is 2.96. The van der Waals surface area contributed by atoms with Crippen LogP contribution in [0.3, 0.4) is 0 Å². The Morgan fingerprint density at radius 2 is 1.96 bits per heavy atom. The van der Waals surface area contributed by atoms with Crippen molar-refractivity contribution in [2.45, 2.75) is 6.04 Å². The van der Waals surface area contributed by atoms with E-state index in [1.165, 1.54) is 6.08 Å². The van der Waals surface area contributed by atoms with Gasteiger partial charge >= 0.3 is 0 Å². The summed E-state index contributed by atoms with van der Waals surface area (Å²) in [5.41, 5.74) is 1.84. The van der Waals surface area contributed by atoms with Crippen molar-refractivity contribution in [2.24, 2.45) is 0 Å². The molecule has 1 aliphatic heterocycles. The largest absolute Gasteiger partial charge is 0.491 e. The van der Waals surface area contributed by atoms with Crippen LogP contribution in [0.15, 0.2) is 61.2 Å². The van der Waals surface area contributed by atoms with Crippen molar-refractivity contribution in [1.82, 2.24) is 4.90 Å². The first-order valence-corrected chi connectivity index (χ1v) is 8.31. The first-order chi connectivity index (χ1) is 12.6. The summed E-state index contributed by atoms with van der Waals surface area (Å²) in [5, 5.41) is 12.5. The number of nitrogens with zero attached hydrogens (tertiary/aromatic N) is 1. The van der Waals surface area contributed by atoms with E-state index in [-0.39, 0.29) is 18.4 Å². The summed E-state index contributed by atoms with van der Waals surface area (Å²) in [6.45, 7) is 3.93. The maximum Gasteiger partial charge on any atom is 0.254 e. The maximum atomic E-state index is 13.0. The Kier molecular flexibility index (Phi) is 5.34. The van der Waals surface area contributed by atoms with Crippen molar-refractivity contribution < 1.29 is 19.4 Å². The zero-order chi connectivity index (χ0) is 18.5. The molecule has 6 heteroatoms. The number of para-hydroxylation sites is 1. The molecule has 0 aromatic heterocycles. The molecule has 0 spiro atoms. The molecule has 0 saturated heterocycles. The lowest BCUT2D eigenvalue weighted by Gasteiger charge is -2.28. The van der Waals surface area contributed by atoms with E-state index in [0.717, 1.165) is 5.56 Å². The molecule has 1 unspecified atom stereocenters. The number of benzene rings is 2. The van der Waals surface area contributed by atoms with Gasteiger partial charge in [0.25, 0.3) is 5.91 Å². The van der Waals surface area contributed by atoms with Crippen molar-refractivity contribution >= 4 is 17.5 Å². The summed E-state index contributed by atoms with van der Waals surface area (Å²) < 4.78 is 5.71. The number of hydrogen-bond acceptors (Lipinski definition) is 4.